The zero-order chi connectivity index (χ0) is 16.9. The van der Waals surface area contributed by atoms with Crippen LogP contribution in [0.5, 0.6) is 11.5 Å². The van der Waals surface area contributed by atoms with Crippen LogP contribution < -0.4 is 14.8 Å². The van der Waals surface area contributed by atoms with Crippen LogP contribution >= 0.6 is 0 Å². The van der Waals surface area contributed by atoms with Gasteiger partial charge in [0.2, 0.25) is 5.91 Å². The third kappa shape index (κ3) is 3.82. The molecule has 6 heteroatoms. The topological polar surface area (TPSA) is 54.0 Å². The lowest BCUT2D eigenvalue weighted by molar-refractivity contribution is -0.134. The summed E-state index contributed by atoms with van der Waals surface area (Å²) in [6, 6.07) is 5.92. The smallest absolute Gasteiger partial charge is 0.239 e. The number of hydrogen-bond acceptors (Lipinski definition) is 5. The molecular weight excluding hydrogens is 306 g/mol. The Hall–Kier alpha value is -1.79. The van der Waals surface area contributed by atoms with Gasteiger partial charge in [-0.25, -0.2) is 0 Å². The van der Waals surface area contributed by atoms with Crippen molar-refractivity contribution in [3.8, 4) is 11.5 Å². The Kier molecular flexibility index (Phi) is 5.58. The van der Waals surface area contributed by atoms with Crippen LogP contribution in [0.3, 0.4) is 0 Å². The van der Waals surface area contributed by atoms with E-state index >= 15 is 0 Å². The SMILES string of the molecule is COc1ccc(OC)c(CN2CCN(C(=O)C3CCCN3)CC2)c1. The lowest BCUT2D eigenvalue weighted by Crippen LogP contribution is -2.52. The van der Waals surface area contributed by atoms with Gasteiger partial charge in [0.05, 0.1) is 20.3 Å². The number of nitrogens with one attached hydrogen (secondary N) is 1. The first-order valence-corrected chi connectivity index (χ1v) is 8.66. The first-order valence-electron chi connectivity index (χ1n) is 8.66. The van der Waals surface area contributed by atoms with E-state index in [1.807, 2.05) is 23.1 Å². The van der Waals surface area contributed by atoms with Crippen molar-refractivity contribution >= 4 is 5.91 Å². The third-order valence-electron chi connectivity index (χ3n) is 4.92. The molecule has 0 radical (unpaired) electrons. The highest BCUT2D eigenvalue weighted by atomic mass is 16.5. The summed E-state index contributed by atoms with van der Waals surface area (Å²) in [5.74, 6) is 1.99. The van der Waals surface area contributed by atoms with Gasteiger partial charge in [-0.15, -0.1) is 0 Å². The zero-order valence-electron chi connectivity index (χ0n) is 14.6. The summed E-state index contributed by atoms with van der Waals surface area (Å²) in [5, 5.41) is 3.30. The lowest BCUT2D eigenvalue weighted by Gasteiger charge is -2.36. The number of carbonyl (C=O) groups excluding carboxylic acids is 1. The van der Waals surface area contributed by atoms with E-state index in [0.29, 0.717) is 0 Å². The Morgan fingerprint density at radius 2 is 2.00 bits per heavy atom. The number of nitrogens with zero attached hydrogens (tertiary/aromatic N) is 2. The molecule has 2 fully saturated rings. The van der Waals surface area contributed by atoms with Gasteiger partial charge in [-0.2, -0.15) is 0 Å². The standard InChI is InChI=1S/C18H27N3O3/c1-23-15-5-6-17(24-2)14(12-15)13-20-8-10-21(11-9-20)18(22)16-4-3-7-19-16/h5-6,12,16,19H,3-4,7-11,13H2,1-2H3. The monoisotopic (exact) mass is 333 g/mol. The zero-order valence-corrected chi connectivity index (χ0v) is 14.6. The number of carbonyl (C=O) groups is 1. The van der Waals surface area contributed by atoms with E-state index in [9.17, 15) is 4.79 Å². The molecular formula is C18H27N3O3. The summed E-state index contributed by atoms with van der Waals surface area (Å²) in [6.45, 7) is 5.14. The van der Waals surface area contributed by atoms with Crippen LogP contribution in [0, 0.1) is 0 Å². The van der Waals surface area contributed by atoms with Crippen LogP contribution in [0.2, 0.25) is 0 Å². The van der Waals surface area contributed by atoms with E-state index in [0.717, 1.165) is 69.2 Å². The van der Waals surface area contributed by atoms with Gasteiger partial charge in [-0.1, -0.05) is 0 Å². The molecule has 0 bridgehead atoms. The first kappa shape index (κ1) is 17.0. The van der Waals surface area contributed by atoms with E-state index in [-0.39, 0.29) is 11.9 Å². The minimum Gasteiger partial charge on any atom is -0.497 e. The Morgan fingerprint density at radius 1 is 1.21 bits per heavy atom. The number of rotatable bonds is 5. The molecule has 6 nitrogen and oxygen atoms in total. The number of benzene rings is 1. The molecule has 0 saturated carbocycles. The summed E-state index contributed by atoms with van der Waals surface area (Å²) in [7, 11) is 3.36. The van der Waals surface area contributed by atoms with Gasteiger partial charge in [0, 0.05) is 38.3 Å². The minimum atomic E-state index is 0.0371. The molecule has 1 amide bonds. The van der Waals surface area contributed by atoms with Crippen molar-refractivity contribution < 1.29 is 14.3 Å². The second-order valence-electron chi connectivity index (χ2n) is 6.43. The summed E-state index contributed by atoms with van der Waals surface area (Å²) in [5.41, 5.74) is 1.12. The van der Waals surface area contributed by atoms with Gasteiger partial charge in [-0.05, 0) is 37.6 Å². The van der Waals surface area contributed by atoms with Gasteiger partial charge in [-0.3, -0.25) is 9.69 Å². The highest BCUT2D eigenvalue weighted by Crippen LogP contribution is 2.25. The fourth-order valence-corrected chi connectivity index (χ4v) is 3.49. The van der Waals surface area contributed by atoms with Gasteiger partial charge in [0.25, 0.3) is 0 Å². The predicted molar refractivity (Wildman–Crippen MR) is 92.4 cm³/mol. The normalized spacial score (nSPS) is 21.8. The number of piperazine rings is 1. The maximum atomic E-state index is 12.5. The highest BCUT2D eigenvalue weighted by Gasteiger charge is 2.29. The molecule has 1 unspecified atom stereocenters. The summed E-state index contributed by atoms with van der Waals surface area (Å²) in [6.07, 6.45) is 2.08. The molecule has 0 aromatic heterocycles. The second kappa shape index (κ2) is 7.85. The van der Waals surface area contributed by atoms with E-state index < -0.39 is 0 Å². The molecule has 132 valence electrons. The Balaban J connectivity index is 1.56. The van der Waals surface area contributed by atoms with Crippen molar-refractivity contribution in [1.29, 1.82) is 0 Å². The van der Waals surface area contributed by atoms with Crippen molar-refractivity contribution in [2.75, 3.05) is 46.9 Å². The van der Waals surface area contributed by atoms with Gasteiger partial charge in [0.15, 0.2) is 0 Å². The molecule has 2 aliphatic rings. The summed E-state index contributed by atoms with van der Waals surface area (Å²) in [4.78, 5) is 16.8. The molecule has 1 aromatic rings. The molecule has 2 saturated heterocycles. The Morgan fingerprint density at radius 3 is 2.62 bits per heavy atom. The maximum Gasteiger partial charge on any atom is 0.239 e. The van der Waals surface area contributed by atoms with E-state index in [2.05, 4.69) is 10.2 Å². The van der Waals surface area contributed by atoms with E-state index in [1.54, 1.807) is 14.2 Å². The average Bonchev–Trinajstić information content (AvgIpc) is 3.16. The van der Waals surface area contributed by atoms with E-state index in [1.165, 1.54) is 0 Å². The second-order valence-corrected chi connectivity index (χ2v) is 6.43. The Labute approximate surface area is 143 Å². The fourth-order valence-electron chi connectivity index (χ4n) is 3.49. The number of hydrogen-bond donors (Lipinski definition) is 1. The van der Waals surface area contributed by atoms with Crippen molar-refractivity contribution in [3.63, 3.8) is 0 Å². The van der Waals surface area contributed by atoms with Crippen LogP contribution in [-0.2, 0) is 11.3 Å². The number of ether oxygens (including phenoxy) is 2. The average molecular weight is 333 g/mol. The van der Waals surface area contributed by atoms with E-state index in [4.69, 9.17) is 9.47 Å². The molecule has 1 atom stereocenters. The number of amides is 1. The van der Waals surface area contributed by atoms with Crippen molar-refractivity contribution in [2.24, 2.45) is 0 Å². The summed E-state index contributed by atoms with van der Waals surface area (Å²) >= 11 is 0. The van der Waals surface area contributed by atoms with Crippen LogP contribution in [-0.4, -0.2) is 68.7 Å². The van der Waals surface area contributed by atoms with Crippen LogP contribution in [0.25, 0.3) is 0 Å². The molecule has 2 heterocycles. The van der Waals surface area contributed by atoms with Crippen molar-refractivity contribution in [1.82, 2.24) is 15.1 Å². The Bertz CT molecular complexity index is 565. The molecule has 3 rings (SSSR count). The lowest BCUT2D eigenvalue weighted by atomic mass is 10.1. The molecule has 0 aliphatic carbocycles. The van der Waals surface area contributed by atoms with Crippen LogP contribution in [0.4, 0.5) is 0 Å². The first-order chi connectivity index (χ1) is 11.7. The summed E-state index contributed by atoms with van der Waals surface area (Å²) < 4.78 is 10.8. The molecule has 1 aromatic carbocycles. The van der Waals surface area contributed by atoms with Crippen LogP contribution in [0.15, 0.2) is 18.2 Å². The van der Waals surface area contributed by atoms with Gasteiger partial charge < -0.3 is 19.7 Å². The predicted octanol–water partition coefficient (Wildman–Crippen LogP) is 1.10. The van der Waals surface area contributed by atoms with Gasteiger partial charge >= 0.3 is 0 Å². The molecule has 0 spiro atoms. The fraction of sp³-hybridized carbons (Fsp3) is 0.611. The third-order valence-corrected chi connectivity index (χ3v) is 4.92. The largest absolute Gasteiger partial charge is 0.497 e. The van der Waals surface area contributed by atoms with Gasteiger partial charge in [0.1, 0.15) is 11.5 Å². The highest BCUT2D eigenvalue weighted by molar-refractivity contribution is 5.82. The molecule has 24 heavy (non-hydrogen) atoms. The van der Waals surface area contributed by atoms with Crippen molar-refractivity contribution in [3.05, 3.63) is 23.8 Å². The minimum absolute atomic E-state index is 0.0371. The van der Waals surface area contributed by atoms with Crippen LogP contribution in [0.1, 0.15) is 18.4 Å². The number of methoxy groups -OCH3 is 2. The molecule has 2 aliphatic heterocycles. The molecule has 1 N–H and O–H groups in total. The quantitative estimate of drug-likeness (QED) is 0.874. The maximum absolute atomic E-state index is 12.5. The van der Waals surface area contributed by atoms with Crippen molar-refractivity contribution in [2.45, 2.75) is 25.4 Å².